The largest absolute Gasteiger partial charge is 0.304 e. The molecule has 7 heteroatoms. The van der Waals surface area contributed by atoms with Crippen molar-refractivity contribution in [1.29, 1.82) is 0 Å². The van der Waals surface area contributed by atoms with Crippen molar-refractivity contribution in [3.8, 4) is 0 Å². The van der Waals surface area contributed by atoms with E-state index < -0.39 is 16.0 Å². The fourth-order valence-corrected chi connectivity index (χ4v) is 4.97. The van der Waals surface area contributed by atoms with Gasteiger partial charge < -0.3 is 0 Å². The number of alkyl halides is 1. The van der Waals surface area contributed by atoms with E-state index in [9.17, 15) is 12.8 Å². The van der Waals surface area contributed by atoms with Crippen molar-refractivity contribution < 1.29 is 12.8 Å². The predicted molar refractivity (Wildman–Crippen MR) is 83.4 cm³/mol. The van der Waals surface area contributed by atoms with Gasteiger partial charge in [0.1, 0.15) is 5.82 Å². The van der Waals surface area contributed by atoms with Gasteiger partial charge >= 0.3 is 10.2 Å². The van der Waals surface area contributed by atoms with Crippen molar-refractivity contribution in [2.75, 3.05) is 23.3 Å². The van der Waals surface area contributed by atoms with E-state index in [-0.39, 0.29) is 24.2 Å². The number of para-hydroxylation sites is 1. The normalized spacial score (nSPS) is 20.4. The zero-order valence-corrected chi connectivity index (χ0v) is 13.6. The SMILES string of the molecule is CCN(c1ccccc1F)S(=O)(=O)N1CCCCC1CCl. The van der Waals surface area contributed by atoms with Gasteiger partial charge in [0, 0.05) is 25.0 Å². The quantitative estimate of drug-likeness (QED) is 0.777. The fraction of sp³-hybridized carbons (Fsp3) is 0.571. The summed E-state index contributed by atoms with van der Waals surface area (Å²) in [5.41, 5.74) is 0.0823. The van der Waals surface area contributed by atoms with Gasteiger partial charge in [-0.25, -0.2) is 4.39 Å². The molecule has 21 heavy (non-hydrogen) atoms. The lowest BCUT2D eigenvalue weighted by Crippen LogP contribution is -2.51. The first-order chi connectivity index (χ1) is 10.0. The van der Waals surface area contributed by atoms with Crippen molar-refractivity contribution in [1.82, 2.24) is 4.31 Å². The molecule has 1 fully saturated rings. The summed E-state index contributed by atoms with van der Waals surface area (Å²) in [6, 6.07) is 5.71. The van der Waals surface area contributed by atoms with Crippen molar-refractivity contribution in [2.24, 2.45) is 0 Å². The summed E-state index contributed by atoms with van der Waals surface area (Å²) < 4.78 is 42.2. The summed E-state index contributed by atoms with van der Waals surface area (Å²) in [5.74, 6) is -0.281. The summed E-state index contributed by atoms with van der Waals surface area (Å²) in [6.07, 6.45) is 2.52. The number of hydrogen-bond acceptors (Lipinski definition) is 2. The van der Waals surface area contributed by atoms with Gasteiger partial charge in [0.25, 0.3) is 0 Å². The van der Waals surface area contributed by atoms with Gasteiger partial charge in [0.2, 0.25) is 0 Å². The van der Waals surface area contributed by atoms with E-state index in [4.69, 9.17) is 11.6 Å². The third kappa shape index (κ3) is 3.33. The van der Waals surface area contributed by atoms with Crippen LogP contribution in [-0.4, -0.2) is 37.7 Å². The molecule has 1 unspecified atom stereocenters. The van der Waals surface area contributed by atoms with E-state index in [2.05, 4.69) is 0 Å². The van der Waals surface area contributed by atoms with Crippen molar-refractivity contribution >= 4 is 27.5 Å². The first-order valence-electron chi connectivity index (χ1n) is 7.12. The van der Waals surface area contributed by atoms with Crippen LogP contribution in [0.25, 0.3) is 0 Å². The molecule has 1 aromatic carbocycles. The summed E-state index contributed by atoms with van der Waals surface area (Å²) in [5, 5.41) is 0. The summed E-state index contributed by atoms with van der Waals surface area (Å²) >= 11 is 5.91. The second-order valence-corrected chi connectivity index (χ2v) is 7.15. The van der Waals surface area contributed by atoms with Crippen LogP contribution >= 0.6 is 11.6 Å². The number of benzene rings is 1. The van der Waals surface area contributed by atoms with Crippen LogP contribution in [0.1, 0.15) is 26.2 Å². The number of piperidine rings is 1. The van der Waals surface area contributed by atoms with Gasteiger partial charge in [0.05, 0.1) is 5.69 Å². The zero-order valence-electron chi connectivity index (χ0n) is 12.0. The molecule has 1 aliphatic heterocycles. The van der Waals surface area contributed by atoms with E-state index in [0.29, 0.717) is 6.54 Å². The minimum atomic E-state index is -3.77. The number of anilines is 1. The van der Waals surface area contributed by atoms with Crippen molar-refractivity contribution in [3.05, 3.63) is 30.1 Å². The summed E-state index contributed by atoms with van der Waals surface area (Å²) in [6.45, 7) is 2.31. The Morgan fingerprint density at radius 2 is 2.10 bits per heavy atom. The third-order valence-electron chi connectivity index (χ3n) is 3.73. The van der Waals surface area contributed by atoms with Gasteiger partial charge in [-0.3, -0.25) is 4.31 Å². The maximum atomic E-state index is 14.0. The molecule has 1 aliphatic rings. The van der Waals surface area contributed by atoms with E-state index >= 15 is 0 Å². The Hall–Kier alpha value is -0.850. The molecule has 1 atom stereocenters. The number of halogens is 2. The molecule has 1 heterocycles. The Bertz CT molecular complexity index is 582. The van der Waals surface area contributed by atoms with Crippen LogP contribution in [0, 0.1) is 5.82 Å². The van der Waals surface area contributed by atoms with Gasteiger partial charge in [-0.15, -0.1) is 11.6 Å². The van der Waals surface area contributed by atoms with Gasteiger partial charge in [-0.05, 0) is 31.9 Å². The van der Waals surface area contributed by atoms with E-state index in [1.807, 2.05) is 0 Å². The third-order valence-corrected chi connectivity index (χ3v) is 6.18. The second kappa shape index (κ2) is 6.94. The van der Waals surface area contributed by atoms with Crippen LogP contribution in [0.2, 0.25) is 0 Å². The molecular formula is C14H20ClFN2O2S. The average molecular weight is 335 g/mol. The molecule has 0 aliphatic carbocycles. The highest BCUT2D eigenvalue weighted by Crippen LogP contribution is 2.28. The van der Waals surface area contributed by atoms with Gasteiger partial charge in [-0.2, -0.15) is 12.7 Å². The number of rotatable bonds is 5. The lowest BCUT2D eigenvalue weighted by Gasteiger charge is -2.37. The highest BCUT2D eigenvalue weighted by atomic mass is 35.5. The zero-order chi connectivity index (χ0) is 15.5. The van der Waals surface area contributed by atoms with Crippen molar-refractivity contribution in [3.63, 3.8) is 0 Å². The Morgan fingerprint density at radius 3 is 2.71 bits per heavy atom. The lowest BCUT2D eigenvalue weighted by molar-refractivity contribution is 0.270. The Labute approximate surface area is 130 Å². The van der Waals surface area contributed by atoms with Gasteiger partial charge in [0.15, 0.2) is 0 Å². The average Bonchev–Trinajstić information content (AvgIpc) is 2.49. The molecule has 1 aromatic rings. The Balaban J connectivity index is 2.38. The van der Waals surface area contributed by atoms with Crippen molar-refractivity contribution in [2.45, 2.75) is 32.2 Å². The Morgan fingerprint density at radius 1 is 1.38 bits per heavy atom. The number of nitrogens with zero attached hydrogens (tertiary/aromatic N) is 2. The minimum absolute atomic E-state index is 0.0823. The summed E-state index contributed by atoms with van der Waals surface area (Å²) in [4.78, 5) is 0. The van der Waals surface area contributed by atoms with E-state index in [1.165, 1.54) is 16.4 Å². The highest BCUT2D eigenvalue weighted by Gasteiger charge is 2.36. The molecule has 0 saturated carbocycles. The fourth-order valence-electron chi connectivity index (χ4n) is 2.67. The first kappa shape index (κ1) is 16.5. The molecule has 0 aromatic heterocycles. The molecule has 0 amide bonds. The molecule has 2 rings (SSSR count). The molecule has 118 valence electrons. The first-order valence-corrected chi connectivity index (χ1v) is 9.05. The summed E-state index contributed by atoms with van der Waals surface area (Å²) in [7, 11) is -3.77. The lowest BCUT2D eigenvalue weighted by atomic mass is 10.1. The maximum absolute atomic E-state index is 14.0. The minimum Gasteiger partial charge on any atom is -0.255 e. The van der Waals surface area contributed by atoms with Crippen LogP contribution in [0.5, 0.6) is 0 Å². The molecule has 1 saturated heterocycles. The molecule has 0 radical (unpaired) electrons. The molecule has 0 spiro atoms. The standard InChI is InChI=1S/C14H20ClFN2O2S/c1-2-17(14-9-4-3-8-13(14)16)21(19,20)18-10-6-5-7-12(18)11-15/h3-4,8-9,12H,2,5-7,10-11H2,1H3. The maximum Gasteiger partial charge on any atom is 0.304 e. The molecule has 0 N–H and O–H groups in total. The van der Waals surface area contributed by atoms with E-state index in [1.54, 1.807) is 19.1 Å². The molecule has 0 bridgehead atoms. The van der Waals surface area contributed by atoms with Gasteiger partial charge in [-0.1, -0.05) is 18.6 Å². The molecular weight excluding hydrogens is 315 g/mol. The van der Waals surface area contributed by atoms with Crippen LogP contribution in [0.4, 0.5) is 10.1 Å². The molecule has 4 nitrogen and oxygen atoms in total. The monoisotopic (exact) mass is 334 g/mol. The second-order valence-electron chi connectivity index (χ2n) is 5.04. The topological polar surface area (TPSA) is 40.6 Å². The van der Waals surface area contributed by atoms with Crippen LogP contribution in [0.15, 0.2) is 24.3 Å². The van der Waals surface area contributed by atoms with Crippen LogP contribution < -0.4 is 4.31 Å². The van der Waals surface area contributed by atoms with Crippen LogP contribution in [-0.2, 0) is 10.2 Å². The van der Waals surface area contributed by atoms with Crippen LogP contribution in [0.3, 0.4) is 0 Å². The highest BCUT2D eigenvalue weighted by molar-refractivity contribution is 7.90. The predicted octanol–water partition coefficient (Wildman–Crippen LogP) is 2.99. The Kier molecular flexibility index (Phi) is 5.46. The number of hydrogen-bond donors (Lipinski definition) is 0. The van der Waals surface area contributed by atoms with E-state index in [0.717, 1.165) is 23.6 Å². The smallest absolute Gasteiger partial charge is 0.255 e.